The van der Waals surface area contributed by atoms with E-state index in [1.54, 1.807) is 13.1 Å². The molecular weight excluding hydrogens is 292 g/mol. The monoisotopic (exact) mass is 314 g/mol. The summed E-state index contributed by atoms with van der Waals surface area (Å²) >= 11 is 3.33. The van der Waals surface area contributed by atoms with Crippen molar-refractivity contribution >= 4 is 21.7 Å². The third-order valence-corrected chi connectivity index (χ3v) is 2.80. The number of Topliss-reactive ketones (excluding diaryl/α,β-unsaturated/α-hetero) is 1. The summed E-state index contributed by atoms with van der Waals surface area (Å²) in [6.45, 7) is 10.4. The number of carbonyl (C=O) groups excluding carboxylic acids is 1. The van der Waals surface area contributed by atoms with E-state index in [1.165, 1.54) is 0 Å². The van der Waals surface area contributed by atoms with Crippen LogP contribution in [0.2, 0.25) is 0 Å². The van der Waals surface area contributed by atoms with Crippen LogP contribution < -0.4 is 5.32 Å². The Labute approximate surface area is 119 Å². The highest BCUT2D eigenvalue weighted by molar-refractivity contribution is 9.10. The maximum absolute atomic E-state index is 11.6. The predicted octanol–water partition coefficient (Wildman–Crippen LogP) is 3.54. The zero-order valence-electron chi connectivity index (χ0n) is 11.8. The number of nitrogens with zero attached hydrogens (tertiary/aromatic N) is 1. The lowest BCUT2D eigenvalue weighted by atomic mass is 10.00. The van der Waals surface area contributed by atoms with Crippen molar-refractivity contribution in [2.75, 3.05) is 6.54 Å². The molecule has 3 nitrogen and oxygen atoms in total. The third-order valence-electron chi connectivity index (χ3n) is 2.33. The normalized spacial score (nSPS) is 11.7. The first-order chi connectivity index (χ1) is 8.50. The topological polar surface area (TPSA) is 42.0 Å². The second-order valence-electron chi connectivity index (χ2n) is 4.13. The molecule has 1 aromatic heterocycles. The average Bonchev–Trinajstić information content (AvgIpc) is 2.33. The molecule has 1 aromatic rings. The van der Waals surface area contributed by atoms with E-state index in [9.17, 15) is 4.79 Å². The number of halogens is 1. The number of nitrogens with one attached hydrogen (secondary N) is 1. The number of pyridine rings is 1. The number of hydrogen-bond acceptors (Lipinski definition) is 3. The molecule has 0 radical (unpaired) electrons. The Morgan fingerprint density at radius 1 is 1.39 bits per heavy atom. The summed E-state index contributed by atoms with van der Waals surface area (Å²) in [5, 5.41) is 3.27. The molecule has 0 amide bonds. The Morgan fingerprint density at radius 2 is 2.00 bits per heavy atom. The predicted molar refractivity (Wildman–Crippen MR) is 79.8 cm³/mol. The fraction of sp³-hybridized carbons (Fsp3) is 0.571. The molecule has 0 saturated carbocycles. The number of hydrogen-bond donors (Lipinski definition) is 1. The lowest BCUT2D eigenvalue weighted by Gasteiger charge is -2.16. The first kappa shape index (κ1) is 17.3. The van der Waals surface area contributed by atoms with Crippen molar-refractivity contribution in [2.45, 2.75) is 46.6 Å². The van der Waals surface area contributed by atoms with Crippen molar-refractivity contribution in [3.63, 3.8) is 0 Å². The van der Waals surface area contributed by atoms with Crippen LogP contribution >= 0.6 is 15.9 Å². The summed E-state index contributed by atoms with van der Waals surface area (Å²) in [5.41, 5.74) is 0.823. The quantitative estimate of drug-likeness (QED) is 0.903. The van der Waals surface area contributed by atoms with Gasteiger partial charge in [-0.1, -0.05) is 27.7 Å². The van der Waals surface area contributed by atoms with E-state index >= 15 is 0 Å². The first-order valence-electron chi connectivity index (χ1n) is 6.36. The molecule has 0 spiro atoms. The average molecular weight is 315 g/mol. The van der Waals surface area contributed by atoms with E-state index < -0.39 is 0 Å². The minimum Gasteiger partial charge on any atom is -0.313 e. The number of carbonyl (C=O) groups is 1. The minimum atomic E-state index is -0.157. The SMILES string of the molecule is CC.CC(=O)C(CNC(C)C)c1ccc(Br)cn1. The standard InChI is InChI=1S/C12H17BrN2O.C2H6/c1-8(2)14-7-11(9(3)16)12-5-4-10(13)6-15-12;1-2/h4-6,8,11,14H,7H2,1-3H3;1-2H3. The maximum atomic E-state index is 11.6. The van der Waals surface area contributed by atoms with Crippen molar-refractivity contribution in [3.8, 4) is 0 Å². The van der Waals surface area contributed by atoms with Gasteiger partial charge in [-0.2, -0.15) is 0 Å². The Bertz CT molecular complexity index is 349. The molecule has 18 heavy (non-hydrogen) atoms. The lowest BCUT2D eigenvalue weighted by molar-refractivity contribution is -0.118. The van der Waals surface area contributed by atoms with Gasteiger partial charge in [0, 0.05) is 23.3 Å². The van der Waals surface area contributed by atoms with Gasteiger partial charge in [0.1, 0.15) is 5.78 Å². The van der Waals surface area contributed by atoms with Gasteiger partial charge >= 0.3 is 0 Å². The number of ketones is 1. The fourth-order valence-electron chi connectivity index (χ4n) is 1.40. The Morgan fingerprint density at radius 3 is 2.39 bits per heavy atom. The smallest absolute Gasteiger partial charge is 0.140 e. The van der Waals surface area contributed by atoms with Crippen molar-refractivity contribution in [1.29, 1.82) is 0 Å². The van der Waals surface area contributed by atoms with E-state index in [-0.39, 0.29) is 11.7 Å². The summed E-state index contributed by atoms with van der Waals surface area (Å²) in [6, 6.07) is 4.17. The van der Waals surface area contributed by atoms with Crippen LogP contribution in [0.15, 0.2) is 22.8 Å². The highest BCUT2D eigenvalue weighted by Gasteiger charge is 2.17. The van der Waals surface area contributed by atoms with Crippen molar-refractivity contribution < 1.29 is 4.79 Å². The van der Waals surface area contributed by atoms with Gasteiger partial charge in [0.05, 0.1) is 11.6 Å². The summed E-state index contributed by atoms with van der Waals surface area (Å²) < 4.78 is 0.926. The number of aromatic nitrogens is 1. The number of rotatable bonds is 5. The molecule has 0 bridgehead atoms. The fourth-order valence-corrected chi connectivity index (χ4v) is 1.64. The molecule has 1 atom stereocenters. The van der Waals surface area contributed by atoms with E-state index in [4.69, 9.17) is 0 Å². The molecule has 1 unspecified atom stereocenters. The van der Waals surface area contributed by atoms with E-state index in [0.29, 0.717) is 12.6 Å². The summed E-state index contributed by atoms with van der Waals surface area (Å²) in [4.78, 5) is 15.8. The molecule has 0 aliphatic carbocycles. The van der Waals surface area contributed by atoms with Crippen LogP contribution in [0.25, 0.3) is 0 Å². The summed E-state index contributed by atoms with van der Waals surface area (Å²) in [7, 11) is 0. The van der Waals surface area contributed by atoms with Crippen LogP contribution in [-0.4, -0.2) is 23.4 Å². The van der Waals surface area contributed by atoms with Crippen LogP contribution in [0, 0.1) is 0 Å². The molecule has 0 aliphatic rings. The zero-order valence-corrected chi connectivity index (χ0v) is 13.4. The second kappa shape index (κ2) is 9.22. The molecule has 1 N–H and O–H groups in total. The third kappa shape index (κ3) is 6.26. The van der Waals surface area contributed by atoms with Gasteiger partial charge in [0.25, 0.3) is 0 Å². The van der Waals surface area contributed by atoms with Crippen LogP contribution in [0.4, 0.5) is 0 Å². The Hall–Kier alpha value is -0.740. The molecule has 0 aliphatic heterocycles. The molecule has 0 saturated heterocycles. The molecule has 0 fully saturated rings. The molecule has 4 heteroatoms. The van der Waals surface area contributed by atoms with Gasteiger partial charge in [0.15, 0.2) is 0 Å². The highest BCUT2D eigenvalue weighted by atomic mass is 79.9. The molecule has 0 aromatic carbocycles. The van der Waals surface area contributed by atoms with Gasteiger partial charge in [0.2, 0.25) is 0 Å². The maximum Gasteiger partial charge on any atom is 0.140 e. The molecular formula is C14H23BrN2O. The van der Waals surface area contributed by atoms with Crippen molar-refractivity contribution in [3.05, 3.63) is 28.5 Å². The molecule has 1 heterocycles. The lowest BCUT2D eigenvalue weighted by Crippen LogP contribution is -2.31. The van der Waals surface area contributed by atoms with Gasteiger partial charge < -0.3 is 5.32 Å². The Kier molecular flexibility index (Phi) is 8.85. The van der Waals surface area contributed by atoms with Crippen LogP contribution in [-0.2, 0) is 4.79 Å². The summed E-state index contributed by atoms with van der Waals surface area (Å²) in [6.07, 6.45) is 1.72. The van der Waals surface area contributed by atoms with Gasteiger partial charge in [-0.05, 0) is 35.0 Å². The van der Waals surface area contributed by atoms with Gasteiger partial charge in [-0.15, -0.1) is 0 Å². The van der Waals surface area contributed by atoms with E-state index in [1.807, 2.05) is 26.0 Å². The largest absolute Gasteiger partial charge is 0.313 e. The zero-order chi connectivity index (χ0) is 14.1. The minimum absolute atomic E-state index is 0.142. The Balaban J connectivity index is 0.00000137. The molecule has 102 valence electrons. The van der Waals surface area contributed by atoms with Gasteiger partial charge in [-0.25, -0.2) is 0 Å². The molecule has 1 rings (SSSR count). The van der Waals surface area contributed by atoms with Crippen LogP contribution in [0.3, 0.4) is 0 Å². The van der Waals surface area contributed by atoms with Gasteiger partial charge in [-0.3, -0.25) is 9.78 Å². The van der Waals surface area contributed by atoms with Crippen LogP contribution in [0.1, 0.15) is 46.2 Å². The van der Waals surface area contributed by atoms with Crippen molar-refractivity contribution in [2.24, 2.45) is 0 Å². The van der Waals surface area contributed by atoms with E-state index in [0.717, 1.165) is 10.2 Å². The summed E-state index contributed by atoms with van der Waals surface area (Å²) in [5.74, 6) is -0.0153. The van der Waals surface area contributed by atoms with E-state index in [2.05, 4.69) is 40.1 Å². The van der Waals surface area contributed by atoms with Crippen LogP contribution in [0.5, 0.6) is 0 Å². The second-order valence-corrected chi connectivity index (χ2v) is 5.04. The highest BCUT2D eigenvalue weighted by Crippen LogP contribution is 2.16. The van der Waals surface area contributed by atoms with Crippen molar-refractivity contribution in [1.82, 2.24) is 10.3 Å². The first-order valence-corrected chi connectivity index (χ1v) is 7.15.